The van der Waals surface area contributed by atoms with E-state index < -0.39 is 0 Å². The molecule has 4 aromatic rings. The molecule has 0 bridgehead atoms. The first-order valence-corrected chi connectivity index (χ1v) is 13.8. The lowest BCUT2D eigenvalue weighted by Gasteiger charge is -2.25. The highest BCUT2D eigenvalue weighted by molar-refractivity contribution is 6.35. The molecule has 2 heterocycles. The van der Waals surface area contributed by atoms with Gasteiger partial charge in [0.2, 0.25) is 0 Å². The molecule has 2 N–H and O–H groups in total. The second-order valence-corrected chi connectivity index (χ2v) is 10.9. The molecule has 8 heteroatoms. The van der Waals surface area contributed by atoms with Crippen molar-refractivity contribution in [1.29, 1.82) is 0 Å². The highest BCUT2D eigenvalue weighted by Gasteiger charge is 2.31. The van der Waals surface area contributed by atoms with Gasteiger partial charge < -0.3 is 15.5 Å². The smallest absolute Gasteiger partial charge is 0.255 e. The van der Waals surface area contributed by atoms with Crippen molar-refractivity contribution < 1.29 is 4.79 Å². The maximum Gasteiger partial charge on any atom is 0.255 e. The number of benzene rings is 3. The van der Waals surface area contributed by atoms with Crippen LogP contribution >= 0.6 is 23.2 Å². The Morgan fingerprint density at radius 3 is 2.69 bits per heavy atom. The molecule has 0 saturated carbocycles. The van der Waals surface area contributed by atoms with Crippen LogP contribution in [-0.2, 0) is 6.42 Å². The van der Waals surface area contributed by atoms with Crippen LogP contribution in [0.1, 0.15) is 41.3 Å². The number of amides is 1. The number of hydrogen-bond acceptors (Lipinski definition) is 5. The highest BCUT2D eigenvalue weighted by Crippen LogP contribution is 2.31. The number of likely N-dealkylation sites (tertiary alicyclic amines) is 1. The third-order valence-corrected chi connectivity index (χ3v) is 7.81. The number of halogens is 2. The normalized spacial score (nSPS) is 15.8. The van der Waals surface area contributed by atoms with E-state index in [0.29, 0.717) is 26.9 Å². The molecule has 5 rings (SSSR count). The second kappa shape index (κ2) is 11.6. The number of anilines is 2. The van der Waals surface area contributed by atoms with E-state index in [1.807, 2.05) is 55.1 Å². The van der Waals surface area contributed by atoms with Gasteiger partial charge in [-0.25, -0.2) is 9.97 Å². The molecule has 1 amide bonds. The minimum absolute atomic E-state index is 0.0577. The zero-order valence-corrected chi connectivity index (χ0v) is 23.6. The first kappa shape index (κ1) is 27.0. The lowest BCUT2D eigenvalue weighted by Crippen LogP contribution is -2.37. The van der Waals surface area contributed by atoms with Crippen LogP contribution in [0.25, 0.3) is 10.9 Å². The summed E-state index contributed by atoms with van der Waals surface area (Å²) in [4.78, 5) is 24.5. The van der Waals surface area contributed by atoms with Gasteiger partial charge in [0, 0.05) is 34.4 Å². The van der Waals surface area contributed by atoms with Gasteiger partial charge in [-0.3, -0.25) is 4.79 Å². The van der Waals surface area contributed by atoms with Crippen LogP contribution < -0.4 is 10.6 Å². The van der Waals surface area contributed by atoms with E-state index in [1.54, 1.807) is 12.1 Å². The summed E-state index contributed by atoms with van der Waals surface area (Å²) in [7, 11) is 0. The molecular formula is C31H31Cl2N5O. The Morgan fingerprint density at radius 2 is 1.92 bits per heavy atom. The lowest BCUT2D eigenvalue weighted by atomic mass is 10.0. The maximum atomic E-state index is 13.6. The van der Waals surface area contributed by atoms with Gasteiger partial charge in [-0.05, 0) is 74.6 Å². The number of nitrogens with zero attached hydrogens (tertiary/aromatic N) is 3. The largest absolute Gasteiger partial charge is 0.361 e. The Bertz CT molecular complexity index is 1520. The molecule has 1 fully saturated rings. The third kappa shape index (κ3) is 6.02. The topological polar surface area (TPSA) is 70.1 Å². The van der Waals surface area contributed by atoms with E-state index in [1.165, 1.54) is 11.9 Å². The molecule has 200 valence electrons. The zero-order chi connectivity index (χ0) is 27.5. The number of hydrogen-bond donors (Lipinski definition) is 2. The minimum Gasteiger partial charge on any atom is -0.361 e. The van der Waals surface area contributed by atoms with Gasteiger partial charge in [-0.15, -0.1) is 0 Å². The van der Waals surface area contributed by atoms with Crippen LogP contribution in [0.4, 0.5) is 11.5 Å². The predicted molar refractivity (Wildman–Crippen MR) is 161 cm³/mol. The third-order valence-electron chi connectivity index (χ3n) is 7.27. The monoisotopic (exact) mass is 559 g/mol. The summed E-state index contributed by atoms with van der Waals surface area (Å²) in [6.07, 6.45) is 4.29. The maximum absolute atomic E-state index is 13.6. The average molecular weight is 561 g/mol. The summed E-state index contributed by atoms with van der Waals surface area (Å²) < 4.78 is 0. The fourth-order valence-electron chi connectivity index (χ4n) is 5.05. The molecule has 1 saturated heterocycles. The molecule has 0 aliphatic carbocycles. The fraction of sp³-hybridized carbons (Fsp3) is 0.258. The van der Waals surface area contributed by atoms with Crippen LogP contribution in [0.5, 0.6) is 0 Å². The van der Waals surface area contributed by atoms with E-state index in [2.05, 4.69) is 39.3 Å². The molecule has 3 aromatic carbocycles. The summed E-state index contributed by atoms with van der Waals surface area (Å²) in [5.74, 6) is 0.560. The van der Waals surface area contributed by atoms with Crippen molar-refractivity contribution in [1.82, 2.24) is 14.9 Å². The van der Waals surface area contributed by atoms with Gasteiger partial charge in [0.05, 0.1) is 22.1 Å². The van der Waals surface area contributed by atoms with Crippen molar-refractivity contribution in [2.24, 2.45) is 0 Å². The van der Waals surface area contributed by atoms with E-state index in [0.717, 1.165) is 48.1 Å². The summed E-state index contributed by atoms with van der Waals surface area (Å²) >= 11 is 12.8. The zero-order valence-electron chi connectivity index (χ0n) is 22.0. The predicted octanol–water partition coefficient (Wildman–Crippen LogP) is 7.52. The van der Waals surface area contributed by atoms with Gasteiger partial charge in [-0.1, -0.05) is 60.1 Å². The summed E-state index contributed by atoms with van der Waals surface area (Å²) in [6.45, 7) is 8.91. The summed E-state index contributed by atoms with van der Waals surface area (Å²) in [5.41, 5.74) is 5.07. The number of fused-ring (bicyclic) bond motifs is 1. The number of rotatable bonds is 8. The number of nitrogens with one attached hydrogen (secondary N) is 2. The molecule has 0 radical (unpaired) electrons. The van der Waals surface area contributed by atoms with Crippen LogP contribution in [0, 0.1) is 6.92 Å². The minimum atomic E-state index is -0.165. The summed E-state index contributed by atoms with van der Waals surface area (Å²) in [6, 6.07) is 19.5. The SMILES string of the molecule is C=C(Nc1ccc(Cl)cc1C)C(C)Nc1ncnc2cc(C(=O)N3CCCC3Cc3ccccc3)c(Cl)cc12. The van der Waals surface area contributed by atoms with E-state index in [9.17, 15) is 4.79 Å². The Kier molecular flexibility index (Phi) is 8.05. The highest BCUT2D eigenvalue weighted by atomic mass is 35.5. The van der Waals surface area contributed by atoms with E-state index in [4.69, 9.17) is 23.2 Å². The average Bonchev–Trinajstić information content (AvgIpc) is 3.38. The van der Waals surface area contributed by atoms with Crippen LogP contribution in [-0.4, -0.2) is 39.4 Å². The first-order chi connectivity index (χ1) is 18.8. The number of aryl methyl sites for hydroxylation is 1. The standard InChI is InChI=1S/C31H31Cl2N5O/c1-19-14-23(32)11-12-28(19)36-20(2)21(3)37-30-26-16-27(33)25(17-29(26)34-18-35-30)31(39)38-13-7-10-24(38)15-22-8-5-4-6-9-22/h4-6,8-9,11-12,14,16-18,21,24,36H,2,7,10,13,15H2,1,3H3,(H,34,35,37). The van der Waals surface area contributed by atoms with E-state index >= 15 is 0 Å². The number of aromatic nitrogens is 2. The molecule has 6 nitrogen and oxygen atoms in total. The number of carbonyl (C=O) groups is 1. The van der Waals surface area contributed by atoms with Gasteiger partial charge >= 0.3 is 0 Å². The quantitative estimate of drug-likeness (QED) is 0.233. The Labute approximate surface area is 239 Å². The molecule has 39 heavy (non-hydrogen) atoms. The van der Waals surface area contributed by atoms with Crippen LogP contribution in [0.2, 0.25) is 10.0 Å². The molecule has 2 atom stereocenters. The van der Waals surface area contributed by atoms with Gasteiger partial charge in [0.15, 0.2) is 0 Å². The molecule has 1 aliphatic rings. The first-order valence-electron chi connectivity index (χ1n) is 13.1. The lowest BCUT2D eigenvalue weighted by molar-refractivity contribution is 0.0737. The molecular weight excluding hydrogens is 529 g/mol. The molecule has 1 aliphatic heterocycles. The number of carbonyl (C=O) groups excluding carboxylic acids is 1. The van der Waals surface area contributed by atoms with Crippen molar-refractivity contribution in [3.8, 4) is 0 Å². The Hall–Kier alpha value is -3.61. The van der Waals surface area contributed by atoms with Crippen molar-refractivity contribution in [3.63, 3.8) is 0 Å². The van der Waals surface area contributed by atoms with E-state index in [-0.39, 0.29) is 18.0 Å². The molecule has 0 spiro atoms. The van der Waals surface area contributed by atoms with Crippen molar-refractivity contribution in [2.45, 2.75) is 45.2 Å². The van der Waals surface area contributed by atoms with Crippen molar-refractivity contribution in [2.75, 3.05) is 17.2 Å². The van der Waals surface area contributed by atoms with Crippen LogP contribution in [0.3, 0.4) is 0 Å². The van der Waals surface area contributed by atoms with Crippen molar-refractivity contribution >= 4 is 51.5 Å². The van der Waals surface area contributed by atoms with Crippen LogP contribution in [0.15, 0.2) is 79.3 Å². The van der Waals surface area contributed by atoms with Gasteiger partial charge in [0.25, 0.3) is 5.91 Å². The molecule has 1 aromatic heterocycles. The van der Waals surface area contributed by atoms with Gasteiger partial charge in [0.1, 0.15) is 12.1 Å². The second-order valence-electron chi connectivity index (χ2n) is 10.0. The van der Waals surface area contributed by atoms with Gasteiger partial charge in [-0.2, -0.15) is 0 Å². The Morgan fingerprint density at radius 1 is 1.13 bits per heavy atom. The Balaban J connectivity index is 1.34. The van der Waals surface area contributed by atoms with Crippen molar-refractivity contribution in [3.05, 3.63) is 106 Å². The molecule has 2 unspecified atom stereocenters. The summed E-state index contributed by atoms with van der Waals surface area (Å²) in [5, 5.41) is 8.58. The fourth-order valence-corrected chi connectivity index (χ4v) is 5.52.